The molecule has 0 bridgehead atoms. The van der Waals surface area contributed by atoms with E-state index < -0.39 is 0 Å². The zero-order valence-electron chi connectivity index (χ0n) is 13.9. The fourth-order valence-corrected chi connectivity index (χ4v) is 3.07. The zero-order chi connectivity index (χ0) is 16.8. The Balaban J connectivity index is 1.58. The summed E-state index contributed by atoms with van der Waals surface area (Å²) in [5.74, 6) is 0.888. The van der Waals surface area contributed by atoms with Crippen molar-refractivity contribution in [2.24, 2.45) is 5.92 Å². The molecular formula is C19H23N3O2. The molecule has 24 heavy (non-hydrogen) atoms. The van der Waals surface area contributed by atoms with Crippen LogP contribution in [0.4, 0.5) is 11.4 Å². The number of hydrogen-bond acceptors (Lipinski definition) is 4. The van der Waals surface area contributed by atoms with E-state index in [1.54, 1.807) is 18.3 Å². The van der Waals surface area contributed by atoms with Gasteiger partial charge in [0.05, 0.1) is 7.11 Å². The molecule has 0 saturated heterocycles. The van der Waals surface area contributed by atoms with Crippen LogP contribution in [0.1, 0.15) is 36.0 Å². The third-order valence-corrected chi connectivity index (χ3v) is 4.42. The number of amides is 1. The summed E-state index contributed by atoms with van der Waals surface area (Å²) in [6.07, 6.45) is 6.97. The van der Waals surface area contributed by atoms with Crippen molar-refractivity contribution in [2.75, 3.05) is 24.3 Å². The van der Waals surface area contributed by atoms with Crippen molar-refractivity contribution in [1.82, 2.24) is 4.98 Å². The number of benzene rings is 1. The minimum atomic E-state index is -0.230. The highest BCUT2D eigenvalue weighted by Gasteiger charge is 2.15. The summed E-state index contributed by atoms with van der Waals surface area (Å²) in [5, 5.41) is 6.34. The summed E-state index contributed by atoms with van der Waals surface area (Å²) in [7, 11) is 1.50. The number of nitrogens with zero attached hydrogens (tertiary/aromatic N) is 1. The van der Waals surface area contributed by atoms with Crippen LogP contribution in [-0.2, 0) is 0 Å². The van der Waals surface area contributed by atoms with Crippen LogP contribution >= 0.6 is 0 Å². The third kappa shape index (κ3) is 4.04. The Hall–Kier alpha value is -2.56. The molecule has 0 unspecified atom stereocenters. The molecule has 0 spiro atoms. The summed E-state index contributed by atoms with van der Waals surface area (Å²) in [6.45, 7) is 1.03. The Labute approximate surface area is 142 Å². The summed E-state index contributed by atoms with van der Waals surface area (Å²) >= 11 is 0. The van der Waals surface area contributed by atoms with Crippen LogP contribution in [0.25, 0.3) is 0 Å². The molecule has 1 aromatic carbocycles. The topological polar surface area (TPSA) is 63.2 Å². The Morgan fingerprint density at radius 1 is 1.17 bits per heavy atom. The van der Waals surface area contributed by atoms with E-state index in [2.05, 4.69) is 15.6 Å². The van der Waals surface area contributed by atoms with E-state index in [1.165, 1.54) is 32.8 Å². The predicted molar refractivity (Wildman–Crippen MR) is 95.6 cm³/mol. The molecule has 0 radical (unpaired) electrons. The molecule has 1 amide bonds. The first-order chi connectivity index (χ1) is 11.8. The van der Waals surface area contributed by atoms with Gasteiger partial charge >= 0.3 is 0 Å². The fourth-order valence-electron chi connectivity index (χ4n) is 3.07. The van der Waals surface area contributed by atoms with Crippen LogP contribution in [-0.4, -0.2) is 24.5 Å². The minimum Gasteiger partial charge on any atom is -0.480 e. The molecule has 126 valence electrons. The van der Waals surface area contributed by atoms with E-state index >= 15 is 0 Å². The Kier molecular flexibility index (Phi) is 5.31. The first kappa shape index (κ1) is 16.3. The SMILES string of the molecule is COc1ncccc1C(=O)Nc1ccc(NCC2CCCC2)cc1. The van der Waals surface area contributed by atoms with Crippen molar-refractivity contribution in [1.29, 1.82) is 0 Å². The predicted octanol–water partition coefficient (Wildman–Crippen LogP) is 3.94. The van der Waals surface area contributed by atoms with Gasteiger partial charge in [0.1, 0.15) is 5.56 Å². The van der Waals surface area contributed by atoms with Crippen LogP contribution in [0, 0.1) is 5.92 Å². The number of carbonyl (C=O) groups excluding carboxylic acids is 1. The minimum absolute atomic E-state index is 0.230. The van der Waals surface area contributed by atoms with Gasteiger partial charge in [-0.2, -0.15) is 0 Å². The van der Waals surface area contributed by atoms with Gasteiger partial charge in [-0.05, 0) is 55.2 Å². The van der Waals surface area contributed by atoms with Crippen molar-refractivity contribution < 1.29 is 9.53 Å². The van der Waals surface area contributed by atoms with E-state index in [-0.39, 0.29) is 5.91 Å². The molecule has 1 aliphatic carbocycles. The van der Waals surface area contributed by atoms with E-state index in [9.17, 15) is 4.79 Å². The zero-order valence-corrected chi connectivity index (χ0v) is 13.9. The quantitative estimate of drug-likeness (QED) is 0.844. The van der Waals surface area contributed by atoms with Gasteiger partial charge in [-0.1, -0.05) is 12.8 Å². The number of pyridine rings is 1. The monoisotopic (exact) mass is 325 g/mol. The van der Waals surface area contributed by atoms with E-state index in [4.69, 9.17) is 4.74 Å². The fraction of sp³-hybridized carbons (Fsp3) is 0.368. The summed E-state index contributed by atoms with van der Waals surface area (Å²) < 4.78 is 5.12. The molecule has 1 saturated carbocycles. The molecule has 1 aliphatic rings. The number of methoxy groups -OCH3 is 1. The van der Waals surface area contributed by atoms with E-state index in [1.807, 2.05) is 24.3 Å². The highest BCUT2D eigenvalue weighted by atomic mass is 16.5. The maximum atomic E-state index is 12.3. The van der Waals surface area contributed by atoms with Gasteiger partial charge < -0.3 is 15.4 Å². The van der Waals surface area contributed by atoms with Gasteiger partial charge in [-0.15, -0.1) is 0 Å². The number of aromatic nitrogens is 1. The first-order valence-corrected chi connectivity index (χ1v) is 8.40. The number of carbonyl (C=O) groups is 1. The lowest BCUT2D eigenvalue weighted by Crippen LogP contribution is -2.14. The van der Waals surface area contributed by atoms with Crippen molar-refractivity contribution in [3.05, 3.63) is 48.2 Å². The first-order valence-electron chi connectivity index (χ1n) is 8.40. The van der Waals surface area contributed by atoms with E-state index in [0.717, 1.165) is 23.8 Å². The molecule has 0 aliphatic heterocycles. The molecule has 5 nitrogen and oxygen atoms in total. The standard InChI is InChI=1S/C19H23N3O2/c1-24-19-17(7-4-12-20-19)18(23)22-16-10-8-15(9-11-16)21-13-14-5-2-3-6-14/h4,7-12,14,21H,2-3,5-6,13H2,1H3,(H,22,23). The molecular weight excluding hydrogens is 302 g/mol. The lowest BCUT2D eigenvalue weighted by molar-refractivity contribution is 0.102. The maximum absolute atomic E-state index is 12.3. The van der Waals surface area contributed by atoms with Crippen LogP contribution in [0.5, 0.6) is 5.88 Å². The Morgan fingerprint density at radius 3 is 2.58 bits per heavy atom. The van der Waals surface area contributed by atoms with Crippen molar-refractivity contribution in [3.63, 3.8) is 0 Å². The third-order valence-electron chi connectivity index (χ3n) is 4.42. The molecule has 1 fully saturated rings. The second-order valence-electron chi connectivity index (χ2n) is 6.12. The molecule has 3 rings (SSSR count). The maximum Gasteiger partial charge on any atom is 0.261 e. The molecule has 2 N–H and O–H groups in total. The number of ether oxygens (including phenoxy) is 1. The summed E-state index contributed by atoms with van der Waals surface area (Å²) in [4.78, 5) is 16.4. The average molecular weight is 325 g/mol. The summed E-state index contributed by atoms with van der Waals surface area (Å²) in [5.41, 5.74) is 2.25. The van der Waals surface area contributed by atoms with Gasteiger partial charge in [-0.25, -0.2) is 4.98 Å². The second kappa shape index (κ2) is 7.81. The lowest BCUT2D eigenvalue weighted by atomic mass is 10.1. The van der Waals surface area contributed by atoms with Crippen molar-refractivity contribution >= 4 is 17.3 Å². The average Bonchev–Trinajstić information content (AvgIpc) is 3.14. The summed E-state index contributed by atoms with van der Waals surface area (Å²) in [6, 6.07) is 11.2. The highest BCUT2D eigenvalue weighted by molar-refractivity contribution is 6.05. The smallest absolute Gasteiger partial charge is 0.261 e. The second-order valence-corrected chi connectivity index (χ2v) is 6.12. The van der Waals surface area contributed by atoms with Crippen molar-refractivity contribution in [3.8, 4) is 5.88 Å². The van der Waals surface area contributed by atoms with Gasteiger partial charge in [0.25, 0.3) is 5.91 Å². The normalized spacial score (nSPS) is 14.4. The molecule has 5 heteroatoms. The van der Waals surface area contributed by atoms with Crippen LogP contribution in [0.3, 0.4) is 0 Å². The van der Waals surface area contributed by atoms with Gasteiger partial charge in [0.15, 0.2) is 0 Å². The largest absolute Gasteiger partial charge is 0.480 e. The lowest BCUT2D eigenvalue weighted by Gasteiger charge is -2.12. The Bertz CT molecular complexity index is 679. The molecule has 1 aromatic heterocycles. The highest BCUT2D eigenvalue weighted by Crippen LogP contribution is 2.25. The number of nitrogens with one attached hydrogen (secondary N) is 2. The van der Waals surface area contributed by atoms with Crippen molar-refractivity contribution in [2.45, 2.75) is 25.7 Å². The van der Waals surface area contributed by atoms with Gasteiger partial charge in [-0.3, -0.25) is 4.79 Å². The molecule has 0 atom stereocenters. The Morgan fingerprint density at radius 2 is 1.88 bits per heavy atom. The van der Waals surface area contributed by atoms with E-state index in [0.29, 0.717) is 11.4 Å². The molecule has 1 heterocycles. The van der Waals surface area contributed by atoms with Crippen LogP contribution < -0.4 is 15.4 Å². The number of rotatable bonds is 6. The van der Waals surface area contributed by atoms with Crippen LogP contribution in [0.2, 0.25) is 0 Å². The number of hydrogen-bond donors (Lipinski definition) is 2. The van der Waals surface area contributed by atoms with Crippen LogP contribution in [0.15, 0.2) is 42.6 Å². The number of anilines is 2. The molecule has 2 aromatic rings. The van der Waals surface area contributed by atoms with Gasteiger partial charge in [0, 0.05) is 24.1 Å². The van der Waals surface area contributed by atoms with Gasteiger partial charge in [0.2, 0.25) is 5.88 Å².